The third kappa shape index (κ3) is 6.00. The lowest BCUT2D eigenvalue weighted by Gasteiger charge is -2.24. The standard InChI is InChI=1S/C16H22ClNO/c1-4-6-10-16(18-11-5-2)13(3)19-15-9-7-8-14(17)12-15/h7-9,12-13,16,18H,5,10-11H2,1-3H3. The van der Waals surface area contributed by atoms with Crippen molar-refractivity contribution in [3.63, 3.8) is 0 Å². The monoisotopic (exact) mass is 279 g/mol. The van der Waals surface area contributed by atoms with Crippen LogP contribution in [0.1, 0.15) is 33.6 Å². The van der Waals surface area contributed by atoms with Crippen molar-refractivity contribution >= 4 is 11.6 Å². The van der Waals surface area contributed by atoms with Crippen molar-refractivity contribution in [3.05, 3.63) is 29.3 Å². The Morgan fingerprint density at radius 2 is 2.21 bits per heavy atom. The van der Waals surface area contributed by atoms with Crippen molar-refractivity contribution in [2.24, 2.45) is 0 Å². The molecule has 0 aliphatic heterocycles. The van der Waals surface area contributed by atoms with Crippen LogP contribution in [0.2, 0.25) is 5.02 Å². The van der Waals surface area contributed by atoms with E-state index >= 15 is 0 Å². The normalized spacial score (nSPS) is 13.3. The molecule has 1 N–H and O–H groups in total. The summed E-state index contributed by atoms with van der Waals surface area (Å²) >= 11 is 5.96. The molecular weight excluding hydrogens is 258 g/mol. The minimum Gasteiger partial charge on any atom is -0.489 e. The third-order valence-electron chi connectivity index (χ3n) is 2.84. The van der Waals surface area contributed by atoms with Crippen molar-refractivity contribution in [1.29, 1.82) is 0 Å². The molecule has 104 valence electrons. The van der Waals surface area contributed by atoms with Gasteiger partial charge in [0.2, 0.25) is 0 Å². The second-order valence-electron chi connectivity index (χ2n) is 4.47. The molecule has 0 saturated heterocycles. The van der Waals surface area contributed by atoms with Crippen LogP contribution < -0.4 is 10.1 Å². The fourth-order valence-corrected chi connectivity index (χ4v) is 1.96. The van der Waals surface area contributed by atoms with Crippen LogP contribution in [0.4, 0.5) is 0 Å². The van der Waals surface area contributed by atoms with E-state index in [-0.39, 0.29) is 12.1 Å². The molecular formula is C16H22ClNO. The molecule has 2 unspecified atom stereocenters. The molecule has 0 spiro atoms. The summed E-state index contributed by atoms with van der Waals surface area (Å²) < 4.78 is 5.94. The smallest absolute Gasteiger partial charge is 0.121 e. The summed E-state index contributed by atoms with van der Waals surface area (Å²) in [7, 11) is 0. The van der Waals surface area contributed by atoms with E-state index in [0.29, 0.717) is 5.02 Å². The van der Waals surface area contributed by atoms with Gasteiger partial charge in [-0.25, -0.2) is 0 Å². The Labute approximate surface area is 121 Å². The lowest BCUT2D eigenvalue weighted by molar-refractivity contribution is 0.171. The fourth-order valence-electron chi connectivity index (χ4n) is 1.78. The summed E-state index contributed by atoms with van der Waals surface area (Å²) in [6.45, 7) is 7.04. The molecule has 0 aliphatic rings. The Morgan fingerprint density at radius 3 is 2.84 bits per heavy atom. The van der Waals surface area contributed by atoms with E-state index in [9.17, 15) is 0 Å². The molecule has 0 aromatic heterocycles. The summed E-state index contributed by atoms with van der Waals surface area (Å²) in [5.74, 6) is 6.85. The minimum absolute atomic E-state index is 0.0471. The third-order valence-corrected chi connectivity index (χ3v) is 3.08. The van der Waals surface area contributed by atoms with Crippen LogP contribution in [0.25, 0.3) is 0 Å². The lowest BCUT2D eigenvalue weighted by Crippen LogP contribution is -2.41. The summed E-state index contributed by atoms with van der Waals surface area (Å²) in [6.07, 6.45) is 1.93. The highest BCUT2D eigenvalue weighted by molar-refractivity contribution is 6.30. The number of ether oxygens (including phenoxy) is 1. The highest BCUT2D eigenvalue weighted by Gasteiger charge is 2.17. The molecule has 1 aromatic rings. The van der Waals surface area contributed by atoms with Crippen molar-refractivity contribution < 1.29 is 4.74 Å². The summed E-state index contributed by atoms with van der Waals surface area (Å²) in [4.78, 5) is 0. The second kappa shape index (κ2) is 8.85. The van der Waals surface area contributed by atoms with Gasteiger partial charge >= 0.3 is 0 Å². The van der Waals surface area contributed by atoms with Crippen molar-refractivity contribution in [2.45, 2.75) is 45.8 Å². The molecule has 3 heteroatoms. The van der Waals surface area contributed by atoms with Gasteiger partial charge in [0.25, 0.3) is 0 Å². The van der Waals surface area contributed by atoms with Gasteiger partial charge < -0.3 is 10.1 Å². The van der Waals surface area contributed by atoms with Crippen molar-refractivity contribution in [1.82, 2.24) is 5.32 Å². The predicted molar refractivity (Wildman–Crippen MR) is 81.7 cm³/mol. The van der Waals surface area contributed by atoms with E-state index in [4.69, 9.17) is 16.3 Å². The molecule has 0 bridgehead atoms. The Balaban J connectivity index is 2.63. The largest absolute Gasteiger partial charge is 0.489 e. The zero-order valence-electron chi connectivity index (χ0n) is 11.9. The van der Waals surface area contributed by atoms with Crippen LogP contribution in [-0.4, -0.2) is 18.7 Å². The van der Waals surface area contributed by atoms with Gasteiger partial charge in [-0.1, -0.05) is 24.6 Å². The van der Waals surface area contributed by atoms with Crippen LogP contribution in [0.5, 0.6) is 5.75 Å². The van der Waals surface area contributed by atoms with Gasteiger partial charge in [-0.15, -0.1) is 11.8 Å². The number of rotatable bonds is 7. The lowest BCUT2D eigenvalue weighted by atomic mass is 10.1. The molecule has 2 atom stereocenters. The second-order valence-corrected chi connectivity index (χ2v) is 4.91. The van der Waals surface area contributed by atoms with Gasteiger partial charge in [0.05, 0.1) is 6.04 Å². The van der Waals surface area contributed by atoms with Gasteiger partial charge in [0.1, 0.15) is 11.9 Å². The van der Waals surface area contributed by atoms with E-state index in [2.05, 4.69) is 31.0 Å². The molecule has 1 aromatic carbocycles. The number of benzene rings is 1. The maximum absolute atomic E-state index is 5.96. The van der Waals surface area contributed by atoms with Gasteiger partial charge in [0.15, 0.2) is 0 Å². The van der Waals surface area contributed by atoms with E-state index in [1.165, 1.54) is 0 Å². The maximum atomic E-state index is 5.96. The van der Waals surface area contributed by atoms with E-state index < -0.39 is 0 Å². The summed E-state index contributed by atoms with van der Waals surface area (Å²) in [5, 5.41) is 4.17. The maximum Gasteiger partial charge on any atom is 0.121 e. The van der Waals surface area contributed by atoms with E-state index in [1.807, 2.05) is 31.2 Å². The minimum atomic E-state index is 0.0471. The number of hydrogen-bond donors (Lipinski definition) is 1. The van der Waals surface area contributed by atoms with Crippen molar-refractivity contribution in [3.8, 4) is 17.6 Å². The number of nitrogens with one attached hydrogen (secondary N) is 1. The van der Waals surface area contributed by atoms with Crippen LogP contribution in [0.15, 0.2) is 24.3 Å². The van der Waals surface area contributed by atoms with Crippen molar-refractivity contribution in [2.75, 3.05) is 6.54 Å². The van der Waals surface area contributed by atoms with Crippen LogP contribution in [0, 0.1) is 11.8 Å². The molecule has 0 saturated carbocycles. The molecule has 0 aliphatic carbocycles. The first-order valence-electron chi connectivity index (χ1n) is 6.72. The van der Waals surface area contributed by atoms with Crippen LogP contribution >= 0.6 is 11.6 Å². The number of hydrogen-bond acceptors (Lipinski definition) is 2. The first kappa shape index (κ1) is 15.9. The van der Waals surface area contributed by atoms with Gasteiger partial charge in [-0.05, 0) is 45.0 Å². The quantitative estimate of drug-likeness (QED) is 0.765. The molecule has 0 radical (unpaired) electrons. The Hall–Kier alpha value is -1.17. The summed E-state index contributed by atoms with van der Waals surface area (Å²) in [6, 6.07) is 7.72. The zero-order valence-corrected chi connectivity index (χ0v) is 12.6. The highest BCUT2D eigenvalue weighted by Crippen LogP contribution is 2.19. The Kier molecular flexibility index (Phi) is 7.40. The Morgan fingerprint density at radius 1 is 1.42 bits per heavy atom. The highest BCUT2D eigenvalue weighted by atomic mass is 35.5. The molecule has 0 amide bonds. The molecule has 19 heavy (non-hydrogen) atoms. The van der Waals surface area contributed by atoms with Gasteiger partial charge in [-0.2, -0.15) is 0 Å². The van der Waals surface area contributed by atoms with Crippen LogP contribution in [-0.2, 0) is 0 Å². The Bertz CT molecular complexity index is 436. The van der Waals surface area contributed by atoms with Crippen LogP contribution in [0.3, 0.4) is 0 Å². The molecule has 0 heterocycles. The number of halogens is 1. The zero-order chi connectivity index (χ0) is 14.1. The first-order valence-corrected chi connectivity index (χ1v) is 7.10. The molecule has 2 nitrogen and oxygen atoms in total. The first-order chi connectivity index (χ1) is 9.17. The topological polar surface area (TPSA) is 21.3 Å². The average molecular weight is 280 g/mol. The van der Waals surface area contributed by atoms with Gasteiger partial charge in [-0.3, -0.25) is 0 Å². The molecule has 1 rings (SSSR count). The average Bonchev–Trinajstić information content (AvgIpc) is 2.38. The fraction of sp³-hybridized carbons (Fsp3) is 0.500. The predicted octanol–water partition coefficient (Wildman–Crippen LogP) is 3.89. The van der Waals surface area contributed by atoms with Gasteiger partial charge in [0, 0.05) is 11.4 Å². The SMILES string of the molecule is CC#CCC(NCCC)C(C)Oc1cccc(Cl)c1. The summed E-state index contributed by atoms with van der Waals surface area (Å²) in [5.41, 5.74) is 0. The molecule has 0 fully saturated rings. The van der Waals surface area contributed by atoms with E-state index in [1.54, 1.807) is 0 Å². The van der Waals surface area contributed by atoms with E-state index in [0.717, 1.165) is 25.1 Å².